The molecule has 0 unspecified atom stereocenters. The predicted molar refractivity (Wildman–Crippen MR) is 139 cm³/mol. The van der Waals surface area contributed by atoms with Crippen LogP contribution in [0.1, 0.15) is 5.56 Å². The summed E-state index contributed by atoms with van der Waals surface area (Å²) in [4.78, 5) is 25.1. The molecule has 3 aromatic rings. The number of amides is 2. The number of rotatable bonds is 10. The molecule has 0 fully saturated rings. The highest BCUT2D eigenvalue weighted by atomic mass is 79.9. The summed E-state index contributed by atoms with van der Waals surface area (Å²) in [6.07, 6.45) is 1.49. The number of thioether (sulfide) groups is 1. The first-order valence-electron chi connectivity index (χ1n) is 10.00. The Hall–Kier alpha value is -3.01. The molecule has 3 aromatic carbocycles. The average Bonchev–Trinajstić information content (AvgIpc) is 2.83. The quantitative estimate of drug-likeness (QED) is 0.197. The van der Waals surface area contributed by atoms with Crippen molar-refractivity contribution >= 4 is 63.0 Å². The number of carbonyl (C=O) groups excluding carboxylic acids is 2. The van der Waals surface area contributed by atoms with Crippen molar-refractivity contribution in [2.24, 2.45) is 5.10 Å². The second-order valence-corrected chi connectivity index (χ2v) is 9.11. The van der Waals surface area contributed by atoms with Crippen molar-refractivity contribution in [2.45, 2.75) is 4.90 Å². The highest BCUT2D eigenvalue weighted by Crippen LogP contribution is 2.36. The van der Waals surface area contributed by atoms with Crippen LogP contribution in [0.25, 0.3) is 0 Å². The first-order chi connectivity index (χ1) is 16.4. The molecule has 0 aromatic heterocycles. The van der Waals surface area contributed by atoms with Crippen molar-refractivity contribution in [3.05, 3.63) is 81.8 Å². The van der Waals surface area contributed by atoms with E-state index < -0.39 is 0 Å². The molecule has 0 radical (unpaired) electrons. The molecule has 2 amide bonds. The zero-order valence-corrected chi connectivity index (χ0v) is 21.2. The number of carbonyl (C=O) groups is 2. The largest absolute Gasteiger partial charge is 0.493 e. The van der Waals surface area contributed by atoms with E-state index in [9.17, 15) is 9.59 Å². The Morgan fingerprint density at radius 3 is 2.53 bits per heavy atom. The Morgan fingerprint density at radius 1 is 1.09 bits per heavy atom. The Bertz CT molecular complexity index is 1160. The van der Waals surface area contributed by atoms with Crippen LogP contribution in [0.5, 0.6) is 11.5 Å². The average molecular weight is 563 g/mol. The Labute approximate surface area is 215 Å². The second kappa shape index (κ2) is 13.0. The molecule has 0 heterocycles. The van der Waals surface area contributed by atoms with Gasteiger partial charge in [0.05, 0.1) is 23.5 Å². The van der Waals surface area contributed by atoms with Crippen LogP contribution in [0.2, 0.25) is 5.02 Å². The van der Waals surface area contributed by atoms with Gasteiger partial charge in [0, 0.05) is 15.6 Å². The van der Waals surface area contributed by atoms with E-state index in [-0.39, 0.29) is 24.2 Å². The van der Waals surface area contributed by atoms with Gasteiger partial charge in [0.15, 0.2) is 18.1 Å². The number of benzene rings is 3. The van der Waals surface area contributed by atoms with Crippen molar-refractivity contribution in [3.63, 3.8) is 0 Å². The first-order valence-corrected chi connectivity index (χ1v) is 12.2. The summed E-state index contributed by atoms with van der Waals surface area (Å²) >= 11 is 10.7. The molecule has 0 saturated heterocycles. The van der Waals surface area contributed by atoms with Gasteiger partial charge in [0.1, 0.15) is 0 Å². The van der Waals surface area contributed by atoms with Gasteiger partial charge < -0.3 is 14.8 Å². The summed E-state index contributed by atoms with van der Waals surface area (Å²) in [6.45, 7) is -0.196. The standard InChI is InChI=1S/C24H21BrClN3O4S/c1-32-21-12-16(13-27-29-23(31)15-34-19-9-7-17(26)8-10-19)11-20(25)24(21)33-14-22(30)28-18-5-3-2-4-6-18/h2-13H,14-15H2,1H3,(H,28,30)(H,29,31)/b27-13-. The molecule has 2 N–H and O–H groups in total. The minimum Gasteiger partial charge on any atom is -0.493 e. The number of halogens is 2. The van der Waals surface area contributed by atoms with Crippen LogP contribution in [0.4, 0.5) is 5.69 Å². The normalized spacial score (nSPS) is 10.7. The second-order valence-electron chi connectivity index (χ2n) is 6.77. The fourth-order valence-corrected chi connectivity index (χ4v) is 4.09. The van der Waals surface area contributed by atoms with E-state index in [1.165, 1.54) is 25.1 Å². The minimum atomic E-state index is -0.301. The number of hydrogen-bond donors (Lipinski definition) is 2. The van der Waals surface area contributed by atoms with Crippen molar-refractivity contribution in [1.29, 1.82) is 0 Å². The third-order valence-electron chi connectivity index (χ3n) is 4.24. The maximum absolute atomic E-state index is 12.2. The van der Waals surface area contributed by atoms with Crippen LogP contribution in [0, 0.1) is 0 Å². The number of nitrogens with one attached hydrogen (secondary N) is 2. The van der Waals surface area contributed by atoms with Gasteiger partial charge in [-0.15, -0.1) is 11.8 Å². The first kappa shape index (κ1) is 25.6. The van der Waals surface area contributed by atoms with Crippen molar-refractivity contribution in [1.82, 2.24) is 5.43 Å². The van der Waals surface area contributed by atoms with Crippen LogP contribution < -0.4 is 20.2 Å². The topological polar surface area (TPSA) is 89.0 Å². The van der Waals surface area contributed by atoms with Crippen LogP contribution in [-0.2, 0) is 9.59 Å². The summed E-state index contributed by atoms with van der Waals surface area (Å²) in [6, 6.07) is 19.8. The summed E-state index contributed by atoms with van der Waals surface area (Å²) in [5.74, 6) is 0.458. The number of ether oxygens (including phenoxy) is 2. The summed E-state index contributed by atoms with van der Waals surface area (Å²) < 4.78 is 11.6. The monoisotopic (exact) mass is 561 g/mol. The molecule has 7 nitrogen and oxygen atoms in total. The molecular formula is C24H21BrClN3O4S. The molecule has 0 atom stereocenters. The number of para-hydroxylation sites is 1. The highest BCUT2D eigenvalue weighted by molar-refractivity contribution is 9.10. The van der Waals surface area contributed by atoms with E-state index in [4.69, 9.17) is 21.1 Å². The molecule has 176 valence electrons. The lowest BCUT2D eigenvalue weighted by molar-refractivity contribution is -0.119. The number of anilines is 1. The van der Waals surface area contributed by atoms with Crippen LogP contribution >= 0.6 is 39.3 Å². The fourth-order valence-electron chi connectivity index (χ4n) is 2.70. The third-order valence-corrected chi connectivity index (χ3v) is 6.10. The predicted octanol–water partition coefficient (Wildman–Crippen LogP) is 5.37. The van der Waals surface area contributed by atoms with E-state index in [1.54, 1.807) is 36.4 Å². The van der Waals surface area contributed by atoms with E-state index >= 15 is 0 Å². The minimum absolute atomic E-state index is 0.196. The Morgan fingerprint density at radius 2 is 1.82 bits per heavy atom. The molecule has 34 heavy (non-hydrogen) atoms. The van der Waals surface area contributed by atoms with Crippen molar-refractivity contribution in [2.75, 3.05) is 24.8 Å². The fraction of sp³-hybridized carbons (Fsp3) is 0.125. The van der Waals surface area contributed by atoms with Gasteiger partial charge in [-0.25, -0.2) is 5.43 Å². The SMILES string of the molecule is COc1cc(/C=N\NC(=O)CSc2ccc(Cl)cc2)cc(Br)c1OCC(=O)Nc1ccccc1. The Kier molecular flexibility index (Phi) is 9.81. The Balaban J connectivity index is 1.53. The van der Waals surface area contributed by atoms with Gasteiger partial charge in [-0.05, 0) is 70.0 Å². The summed E-state index contributed by atoms with van der Waals surface area (Å²) in [7, 11) is 1.50. The number of nitrogens with zero attached hydrogens (tertiary/aromatic N) is 1. The van der Waals surface area contributed by atoms with E-state index in [0.29, 0.717) is 32.2 Å². The molecule has 3 rings (SSSR count). The lowest BCUT2D eigenvalue weighted by atomic mass is 10.2. The summed E-state index contributed by atoms with van der Waals surface area (Å²) in [5.41, 5.74) is 3.84. The number of hydrazone groups is 1. The maximum Gasteiger partial charge on any atom is 0.262 e. The highest BCUT2D eigenvalue weighted by Gasteiger charge is 2.13. The lowest BCUT2D eigenvalue weighted by Crippen LogP contribution is -2.20. The molecule has 0 aliphatic carbocycles. The van der Waals surface area contributed by atoms with Gasteiger partial charge in [0.2, 0.25) is 5.91 Å². The van der Waals surface area contributed by atoms with E-state index in [2.05, 4.69) is 31.8 Å². The number of methoxy groups -OCH3 is 1. The smallest absolute Gasteiger partial charge is 0.262 e. The third kappa shape index (κ3) is 8.09. The van der Waals surface area contributed by atoms with E-state index in [0.717, 1.165) is 4.90 Å². The van der Waals surface area contributed by atoms with Gasteiger partial charge >= 0.3 is 0 Å². The van der Waals surface area contributed by atoms with Gasteiger partial charge in [-0.3, -0.25) is 9.59 Å². The maximum atomic E-state index is 12.2. The van der Waals surface area contributed by atoms with Crippen LogP contribution in [-0.4, -0.2) is 37.5 Å². The van der Waals surface area contributed by atoms with Gasteiger partial charge in [-0.1, -0.05) is 29.8 Å². The van der Waals surface area contributed by atoms with Crippen molar-refractivity contribution in [3.8, 4) is 11.5 Å². The molecule has 0 bridgehead atoms. The van der Waals surface area contributed by atoms with E-state index in [1.807, 2.05) is 30.3 Å². The van der Waals surface area contributed by atoms with Crippen LogP contribution in [0.3, 0.4) is 0 Å². The zero-order chi connectivity index (χ0) is 24.3. The lowest BCUT2D eigenvalue weighted by Gasteiger charge is -2.13. The zero-order valence-electron chi connectivity index (χ0n) is 18.1. The number of hydrogen-bond acceptors (Lipinski definition) is 6. The van der Waals surface area contributed by atoms with Gasteiger partial charge in [0.25, 0.3) is 5.91 Å². The summed E-state index contributed by atoms with van der Waals surface area (Å²) in [5, 5.41) is 7.39. The molecular weight excluding hydrogens is 542 g/mol. The molecule has 0 spiro atoms. The molecule has 0 aliphatic heterocycles. The van der Waals surface area contributed by atoms with Crippen molar-refractivity contribution < 1.29 is 19.1 Å². The molecule has 0 saturated carbocycles. The van der Waals surface area contributed by atoms with Crippen LogP contribution in [0.15, 0.2) is 81.2 Å². The molecule has 0 aliphatic rings. The molecule has 10 heteroatoms. The van der Waals surface area contributed by atoms with Gasteiger partial charge in [-0.2, -0.15) is 5.10 Å².